The SMILES string of the molecule is CCS(=O)(=O)N1CCC[C@H](C(=O)NCCOc2ccc(S(=O)(=O)N3CCCCC3)cc2)C1. The molecule has 0 bridgehead atoms. The number of rotatable bonds is 9. The Hall–Kier alpha value is -1.69. The zero-order valence-corrected chi connectivity index (χ0v) is 20.2. The van der Waals surface area contributed by atoms with Gasteiger partial charge in [-0.3, -0.25) is 4.79 Å². The van der Waals surface area contributed by atoms with Gasteiger partial charge in [-0.2, -0.15) is 4.31 Å². The standard InChI is InChI=1S/C21H33N3O6S2/c1-2-31(26,27)24-15-6-7-18(17-24)21(25)22-12-16-30-19-8-10-20(11-9-19)32(28,29)23-13-4-3-5-14-23/h8-11,18H,2-7,12-17H2,1H3,(H,22,25)/t18-/m0/s1. The summed E-state index contributed by atoms with van der Waals surface area (Å²) in [5.41, 5.74) is 0. The Morgan fingerprint density at radius 1 is 1.00 bits per heavy atom. The van der Waals surface area contributed by atoms with Crippen LogP contribution in [0, 0.1) is 5.92 Å². The predicted octanol–water partition coefficient (Wildman–Crippen LogP) is 1.42. The first-order valence-corrected chi connectivity index (χ1v) is 14.3. The monoisotopic (exact) mass is 487 g/mol. The number of sulfonamides is 2. The Morgan fingerprint density at radius 2 is 1.66 bits per heavy atom. The lowest BCUT2D eigenvalue weighted by Crippen LogP contribution is -2.46. The molecule has 11 heteroatoms. The van der Waals surface area contributed by atoms with Crippen LogP contribution in [0.1, 0.15) is 39.0 Å². The summed E-state index contributed by atoms with van der Waals surface area (Å²) in [7, 11) is -6.76. The molecule has 2 heterocycles. The fourth-order valence-corrected chi connectivity index (χ4v) is 6.74. The van der Waals surface area contributed by atoms with Gasteiger partial charge in [-0.15, -0.1) is 0 Å². The highest BCUT2D eigenvalue weighted by molar-refractivity contribution is 7.89. The third-order valence-corrected chi connectivity index (χ3v) is 9.72. The summed E-state index contributed by atoms with van der Waals surface area (Å²) < 4.78 is 58.0. The molecular weight excluding hydrogens is 454 g/mol. The molecule has 1 aromatic carbocycles. The number of benzene rings is 1. The van der Waals surface area contributed by atoms with Gasteiger partial charge in [0.25, 0.3) is 0 Å². The van der Waals surface area contributed by atoms with Gasteiger partial charge >= 0.3 is 0 Å². The number of hydrogen-bond donors (Lipinski definition) is 1. The molecule has 0 aliphatic carbocycles. The topological polar surface area (TPSA) is 113 Å². The average Bonchev–Trinajstić information content (AvgIpc) is 2.82. The Morgan fingerprint density at radius 3 is 2.31 bits per heavy atom. The molecule has 0 radical (unpaired) electrons. The molecule has 0 spiro atoms. The van der Waals surface area contributed by atoms with E-state index >= 15 is 0 Å². The lowest BCUT2D eigenvalue weighted by atomic mass is 9.99. The van der Waals surface area contributed by atoms with Gasteiger partial charge in [0.2, 0.25) is 26.0 Å². The molecule has 2 saturated heterocycles. The maximum atomic E-state index is 12.7. The van der Waals surface area contributed by atoms with Crippen LogP contribution in [-0.2, 0) is 24.8 Å². The zero-order valence-electron chi connectivity index (χ0n) is 18.5. The van der Waals surface area contributed by atoms with Crippen molar-refractivity contribution in [2.45, 2.75) is 43.9 Å². The second-order valence-electron chi connectivity index (χ2n) is 8.17. The molecular formula is C21H33N3O6S2. The molecule has 2 aliphatic rings. The van der Waals surface area contributed by atoms with Gasteiger partial charge in [0.1, 0.15) is 12.4 Å². The van der Waals surface area contributed by atoms with Crippen molar-refractivity contribution in [1.29, 1.82) is 0 Å². The van der Waals surface area contributed by atoms with E-state index in [2.05, 4.69) is 5.32 Å². The summed E-state index contributed by atoms with van der Waals surface area (Å²) in [4.78, 5) is 12.7. The van der Waals surface area contributed by atoms with Gasteiger partial charge in [0.05, 0.1) is 23.1 Å². The van der Waals surface area contributed by atoms with Gasteiger partial charge in [0, 0.05) is 26.2 Å². The molecule has 0 saturated carbocycles. The molecule has 2 fully saturated rings. The summed E-state index contributed by atoms with van der Waals surface area (Å²) >= 11 is 0. The molecule has 9 nitrogen and oxygen atoms in total. The van der Waals surface area contributed by atoms with E-state index in [1.807, 2.05) is 0 Å². The Labute approximate surface area is 191 Å². The highest BCUT2D eigenvalue weighted by atomic mass is 32.2. The first-order chi connectivity index (χ1) is 15.2. The van der Waals surface area contributed by atoms with E-state index in [-0.39, 0.29) is 42.2 Å². The molecule has 0 aromatic heterocycles. The van der Waals surface area contributed by atoms with Gasteiger partial charge < -0.3 is 10.1 Å². The third-order valence-electron chi connectivity index (χ3n) is 5.96. The highest BCUT2D eigenvalue weighted by Gasteiger charge is 2.31. The van der Waals surface area contributed by atoms with E-state index < -0.39 is 20.0 Å². The van der Waals surface area contributed by atoms with E-state index in [0.717, 1.165) is 19.3 Å². The van der Waals surface area contributed by atoms with Crippen LogP contribution >= 0.6 is 0 Å². The summed E-state index contributed by atoms with van der Waals surface area (Å²) in [5.74, 6) is 0.0273. The van der Waals surface area contributed by atoms with Crippen molar-refractivity contribution >= 4 is 26.0 Å². The van der Waals surface area contributed by atoms with Gasteiger partial charge in [-0.1, -0.05) is 6.42 Å². The van der Waals surface area contributed by atoms with Gasteiger partial charge in [-0.05, 0) is 56.9 Å². The zero-order chi connectivity index (χ0) is 23.2. The molecule has 32 heavy (non-hydrogen) atoms. The Bertz CT molecular complexity index is 973. The van der Waals surface area contributed by atoms with E-state index in [9.17, 15) is 21.6 Å². The van der Waals surface area contributed by atoms with E-state index in [1.165, 1.54) is 8.61 Å². The minimum absolute atomic E-state index is 0.0350. The number of hydrogen-bond acceptors (Lipinski definition) is 6. The van der Waals surface area contributed by atoms with Crippen LogP contribution in [0.2, 0.25) is 0 Å². The van der Waals surface area contributed by atoms with Crippen molar-refractivity contribution in [2.75, 3.05) is 45.1 Å². The van der Waals surface area contributed by atoms with Crippen molar-refractivity contribution in [3.63, 3.8) is 0 Å². The Balaban J connectivity index is 1.44. The molecule has 180 valence electrons. The molecule has 1 N–H and O–H groups in total. The molecule has 0 unspecified atom stereocenters. The van der Waals surface area contributed by atoms with Crippen LogP contribution in [0.4, 0.5) is 0 Å². The second-order valence-corrected chi connectivity index (χ2v) is 12.4. The number of amides is 1. The van der Waals surface area contributed by atoms with Crippen LogP contribution in [0.5, 0.6) is 5.75 Å². The fraction of sp³-hybridized carbons (Fsp3) is 0.667. The largest absolute Gasteiger partial charge is 0.492 e. The number of nitrogens with zero attached hydrogens (tertiary/aromatic N) is 2. The minimum atomic E-state index is -3.47. The maximum Gasteiger partial charge on any atom is 0.243 e. The van der Waals surface area contributed by atoms with Crippen molar-refractivity contribution in [1.82, 2.24) is 13.9 Å². The lowest BCUT2D eigenvalue weighted by Gasteiger charge is -2.30. The normalized spacial score (nSPS) is 21.2. The number of carbonyl (C=O) groups is 1. The first kappa shape index (κ1) is 24.9. The summed E-state index contributed by atoms with van der Waals surface area (Å²) in [6.45, 7) is 3.92. The average molecular weight is 488 g/mol. The minimum Gasteiger partial charge on any atom is -0.492 e. The highest BCUT2D eigenvalue weighted by Crippen LogP contribution is 2.23. The predicted molar refractivity (Wildman–Crippen MR) is 121 cm³/mol. The first-order valence-electron chi connectivity index (χ1n) is 11.2. The van der Waals surface area contributed by atoms with E-state index in [0.29, 0.717) is 38.2 Å². The van der Waals surface area contributed by atoms with Crippen LogP contribution in [-0.4, -0.2) is 76.4 Å². The number of nitrogens with one attached hydrogen (secondary N) is 1. The van der Waals surface area contributed by atoms with Crippen LogP contribution in [0.25, 0.3) is 0 Å². The van der Waals surface area contributed by atoms with Crippen molar-refractivity contribution in [2.24, 2.45) is 5.92 Å². The van der Waals surface area contributed by atoms with Crippen LogP contribution in [0.3, 0.4) is 0 Å². The van der Waals surface area contributed by atoms with E-state index in [1.54, 1.807) is 31.2 Å². The van der Waals surface area contributed by atoms with E-state index in [4.69, 9.17) is 4.74 Å². The molecule has 1 amide bonds. The Kier molecular flexibility index (Phi) is 8.54. The molecule has 1 atom stereocenters. The van der Waals surface area contributed by atoms with Crippen LogP contribution < -0.4 is 10.1 Å². The molecule has 1 aromatic rings. The fourth-order valence-electron chi connectivity index (χ4n) is 4.04. The van der Waals surface area contributed by atoms with Crippen molar-refractivity contribution in [3.05, 3.63) is 24.3 Å². The third kappa shape index (κ3) is 6.21. The molecule has 2 aliphatic heterocycles. The number of carbonyl (C=O) groups excluding carboxylic acids is 1. The smallest absolute Gasteiger partial charge is 0.243 e. The number of piperidine rings is 2. The quantitative estimate of drug-likeness (QED) is 0.527. The summed E-state index contributed by atoms with van der Waals surface area (Å²) in [5, 5.41) is 2.80. The van der Waals surface area contributed by atoms with Gasteiger partial charge in [0.15, 0.2) is 0 Å². The van der Waals surface area contributed by atoms with Crippen molar-refractivity contribution < 1.29 is 26.4 Å². The lowest BCUT2D eigenvalue weighted by molar-refractivity contribution is -0.126. The second kappa shape index (κ2) is 11.0. The molecule has 3 rings (SSSR count). The summed E-state index contributed by atoms with van der Waals surface area (Å²) in [6.07, 6.45) is 4.17. The van der Waals surface area contributed by atoms with Crippen molar-refractivity contribution in [3.8, 4) is 5.75 Å². The summed E-state index contributed by atoms with van der Waals surface area (Å²) in [6, 6.07) is 6.33. The number of ether oxygens (including phenoxy) is 1. The maximum absolute atomic E-state index is 12.7. The van der Waals surface area contributed by atoms with Gasteiger partial charge in [-0.25, -0.2) is 21.1 Å². The van der Waals surface area contributed by atoms with Crippen LogP contribution in [0.15, 0.2) is 29.2 Å².